The van der Waals surface area contributed by atoms with Crippen molar-refractivity contribution in [2.75, 3.05) is 5.32 Å². The van der Waals surface area contributed by atoms with Crippen molar-refractivity contribution in [3.8, 4) is 5.69 Å². The molecule has 0 radical (unpaired) electrons. The summed E-state index contributed by atoms with van der Waals surface area (Å²) in [7, 11) is 1.76. The molecule has 7 nitrogen and oxygen atoms in total. The molecule has 0 saturated heterocycles. The first-order chi connectivity index (χ1) is 13.8. The van der Waals surface area contributed by atoms with Gasteiger partial charge in [0.25, 0.3) is 5.56 Å². The second kappa shape index (κ2) is 8.27. The molecule has 29 heavy (non-hydrogen) atoms. The van der Waals surface area contributed by atoms with Crippen molar-refractivity contribution in [2.24, 2.45) is 18.4 Å². The van der Waals surface area contributed by atoms with E-state index in [2.05, 4.69) is 5.32 Å². The second-order valence-electron chi connectivity index (χ2n) is 8.21. The van der Waals surface area contributed by atoms with E-state index in [4.69, 9.17) is 0 Å². The summed E-state index contributed by atoms with van der Waals surface area (Å²) in [6.45, 7) is 3.49. The van der Waals surface area contributed by atoms with Gasteiger partial charge in [-0.3, -0.25) is 19.1 Å². The number of carboxylic acids is 1. The zero-order chi connectivity index (χ0) is 21.2. The summed E-state index contributed by atoms with van der Waals surface area (Å²) in [4.78, 5) is 37.9. The van der Waals surface area contributed by atoms with Crippen LogP contribution < -0.4 is 10.9 Å². The predicted molar refractivity (Wildman–Crippen MR) is 111 cm³/mol. The zero-order valence-electron chi connectivity index (χ0n) is 17.3. The molecule has 1 aromatic heterocycles. The summed E-state index contributed by atoms with van der Waals surface area (Å²) < 4.78 is 3.20. The highest BCUT2D eigenvalue weighted by atomic mass is 16.4. The van der Waals surface area contributed by atoms with Crippen LogP contribution in [-0.4, -0.2) is 26.3 Å². The maximum absolute atomic E-state index is 13.3. The quantitative estimate of drug-likeness (QED) is 0.778. The van der Waals surface area contributed by atoms with E-state index >= 15 is 0 Å². The molecule has 0 aliphatic heterocycles. The number of rotatable bonds is 6. The van der Waals surface area contributed by atoms with E-state index < -0.39 is 17.3 Å². The van der Waals surface area contributed by atoms with Gasteiger partial charge in [-0.2, -0.15) is 0 Å². The van der Waals surface area contributed by atoms with Gasteiger partial charge in [-0.25, -0.2) is 4.68 Å². The van der Waals surface area contributed by atoms with Crippen LogP contribution in [0.15, 0.2) is 35.1 Å². The van der Waals surface area contributed by atoms with Gasteiger partial charge in [0.15, 0.2) is 0 Å². The van der Waals surface area contributed by atoms with Crippen LogP contribution >= 0.6 is 0 Å². The lowest BCUT2D eigenvalue weighted by atomic mass is 9.67. The summed E-state index contributed by atoms with van der Waals surface area (Å²) in [5.41, 5.74) is 0.135. The molecular formula is C22H29N3O4. The van der Waals surface area contributed by atoms with Crippen LogP contribution in [0.5, 0.6) is 0 Å². The molecule has 1 aliphatic carbocycles. The van der Waals surface area contributed by atoms with E-state index in [1.54, 1.807) is 25.6 Å². The average molecular weight is 399 g/mol. The van der Waals surface area contributed by atoms with Crippen molar-refractivity contribution in [3.05, 3.63) is 46.4 Å². The van der Waals surface area contributed by atoms with Crippen molar-refractivity contribution in [1.82, 2.24) is 9.36 Å². The largest absolute Gasteiger partial charge is 0.481 e. The number of nitrogens with zero attached hydrogens (tertiary/aromatic N) is 2. The molecule has 1 fully saturated rings. The Morgan fingerprint density at radius 1 is 1.17 bits per heavy atom. The first-order valence-corrected chi connectivity index (χ1v) is 10.1. The Morgan fingerprint density at radius 3 is 2.38 bits per heavy atom. The molecule has 1 saturated carbocycles. The predicted octanol–water partition coefficient (Wildman–Crippen LogP) is 3.48. The molecule has 1 heterocycles. The van der Waals surface area contributed by atoms with Gasteiger partial charge in [0.2, 0.25) is 5.91 Å². The minimum atomic E-state index is -1.06. The highest BCUT2D eigenvalue weighted by Crippen LogP contribution is 2.42. The molecule has 2 N–H and O–H groups in total. The van der Waals surface area contributed by atoms with E-state index in [-0.39, 0.29) is 23.6 Å². The molecule has 1 atom stereocenters. The fourth-order valence-electron chi connectivity index (χ4n) is 4.43. The summed E-state index contributed by atoms with van der Waals surface area (Å²) in [6.07, 6.45) is 4.53. The third kappa shape index (κ3) is 3.99. The lowest BCUT2D eigenvalue weighted by molar-refractivity contribution is -0.145. The van der Waals surface area contributed by atoms with Gasteiger partial charge in [-0.1, -0.05) is 37.5 Å². The second-order valence-corrected chi connectivity index (χ2v) is 8.21. The number of nitrogens with one attached hydrogen (secondary N) is 1. The molecule has 7 heteroatoms. The van der Waals surface area contributed by atoms with Gasteiger partial charge >= 0.3 is 5.97 Å². The van der Waals surface area contributed by atoms with Crippen molar-refractivity contribution in [3.63, 3.8) is 0 Å². The Balaban J connectivity index is 1.96. The Bertz CT molecular complexity index is 954. The Hall–Kier alpha value is -2.83. The number of amides is 1. The number of hydrogen-bond donors (Lipinski definition) is 2. The number of aromatic nitrogens is 2. The summed E-state index contributed by atoms with van der Waals surface area (Å²) in [6, 6.07) is 9.20. The maximum atomic E-state index is 13.3. The first-order valence-electron chi connectivity index (χ1n) is 10.1. The number of benzene rings is 1. The Labute approximate surface area is 170 Å². The van der Waals surface area contributed by atoms with Gasteiger partial charge in [0, 0.05) is 7.05 Å². The number of carbonyl (C=O) groups is 2. The highest BCUT2D eigenvalue weighted by Gasteiger charge is 2.43. The number of para-hydroxylation sites is 1. The minimum Gasteiger partial charge on any atom is -0.481 e. The molecular weight excluding hydrogens is 370 g/mol. The molecule has 0 spiro atoms. The van der Waals surface area contributed by atoms with Crippen LogP contribution in [0.4, 0.5) is 5.69 Å². The molecule has 0 bridgehead atoms. The van der Waals surface area contributed by atoms with Crippen LogP contribution in [0.2, 0.25) is 0 Å². The van der Waals surface area contributed by atoms with Crippen molar-refractivity contribution in [2.45, 2.75) is 52.4 Å². The average Bonchev–Trinajstić information content (AvgIpc) is 2.92. The Morgan fingerprint density at radius 2 is 1.79 bits per heavy atom. The van der Waals surface area contributed by atoms with Gasteiger partial charge in [-0.15, -0.1) is 0 Å². The number of aliphatic carboxylic acids is 1. The first kappa shape index (κ1) is 20.9. The molecule has 2 aromatic rings. The van der Waals surface area contributed by atoms with Gasteiger partial charge in [0.1, 0.15) is 5.69 Å². The topological polar surface area (TPSA) is 93.3 Å². The molecule has 1 aliphatic rings. The highest BCUT2D eigenvalue weighted by molar-refractivity contribution is 5.97. The molecule has 1 aromatic carbocycles. The molecule has 1 unspecified atom stereocenters. The fourth-order valence-corrected chi connectivity index (χ4v) is 4.43. The summed E-state index contributed by atoms with van der Waals surface area (Å²) >= 11 is 0. The normalized spacial score (nSPS) is 16.9. The third-order valence-electron chi connectivity index (χ3n) is 6.34. The monoisotopic (exact) mass is 399 g/mol. The van der Waals surface area contributed by atoms with Crippen LogP contribution in [0.3, 0.4) is 0 Å². The van der Waals surface area contributed by atoms with Gasteiger partial charge in [0.05, 0.1) is 23.2 Å². The fraction of sp³-hybridized carbons (Fsp3) is 0.500. The Kier molecular flexibility index (Phi) is 5.96. The summed E-state index contributed by atoms with van der Waals surface area (Å²) in [5.74, 6) is -1.40. The maximum Gasteiger partial charge on any atom is 0.304 e. The lowest BCUT2D eigenvalue weighted by Crippen LogP contribution is -2.43. The SMILES string of the molecule is Cc1c(NC(=O)C(C)(CC(=O)O)C2CCCCC2)c(=O)n(-c2ccccc2)n1C. The lowest BCUT2D eigenvalue weighted by Gasteiger charge is -2.37. The zero-order valence-corrected chi connectivity index (χ0v) is 17.3. The van der Waals surface area contributed by atoms with Crippen LogP contribution in [-0.2, 0) is 16.6 Å². The van der Waals surface area contributed by atoms with Crippen LogP contribution in [0.25, 0.3) is 5.69 Å². The number of hydrogen-bond acceptors (Lipinski definition) is 3. The summed E-state index contributed by atoms with van der Waals surface area (Å²) in [5, 5.41) is 12.2. The number of carbonyl (C=O) groups excluding carboxylic acids is 1. The smallest absolute Gasteiger partial charge is 0.304 e. The van der Waals surface area contributed by atoms with E-state index in [0.717, 1.165) is 32.1 Å². The van der Waals surface area contributed by atoms with E-state index in [0.29, 0.717) is 11.4 Å². The molecule has 1 amide bonds. The molecule has 156 valence electrons. The van der Waals surface area contributed by atoms with Gasteiger partial charge < -0.3 is 10.4 Å². The van der Waals surface area contributed by atoms with Crippen molar-refractivity contribution >= 4 is 17.6 Å². The molecule has 3 rings (SSSR count). The van der Waals surface area contributed by atoms with Crippen molar-refractivity contribution < 1.29 is 14.7 Å². The van der Waals surface area contributed by atoms with E-state index in [1.807, 2.05) is 30.3 Å². The standard InChI is InChI=1S/C22H29N3O4/c1-15-19(20(28)25(24(15)3)17-12-8-5-9-13-17)23-21(29)22(2,14-18(26)27)16-10-6-4-7-11-16/h5,8-9,12-13,16H,4,6-7,10-11,14H2,1-3H3,(H,23,29)(H,26,27). The van der Waals surface area contributed by atoms with Crippen LogP contribution in [0, 0.1) is 18.3 Å². The minimum absolute atomic E-state index is 0.00674. The number of carboxylic acid groups (broad SMARTS) is 1. The van der Waals surface area contributed by atoms with E-state index in [9.17, 15) is 19.5 Å². The number of anilines is 1. The van der Waals surface area contributed by atoms with Crippen molar-refractivity contribution in [1.29, 1.82) is 0 Å². The van der Waals surface area contributed by atoms with Crippen LogP contribution in [0.1, 0.15) is 51.1 Å². The van der Waals surface area contributed by atoms with Gasteiger partial charge in [-0.05, 0) is 44.7 Å². The third-order valence-corrected chi connectivity index (χ3v) is 6.34. The van der Waals surface area contributed by atoms with E-state index in [1.165, 1.54) is 4.68 Å².